The van der Waals surface area contributed by atoms with E-state index in [1.54, 1.807) is 23.1 Å². The third-order valence-corrected chi connectivity index (χ3v) is 3.93. The van der Waals surface area contributed by atoms with E-state index < -0.39 is 0 Å². The van der Waals surface area contributed by atoms with Crippen LogP contribution in [0.4, 0.5) is 5.13 Å². The number of carbonyl (C=O) groups excluding carboxylic acids is 1. The van der Waals surface area contributed by atoms with Crippen molar-refractivity contribution < 1.29 is 4.79 Å². The van der Waals surface area contributed by atoms with Crippen LogP contribution in [0.5, 0.6) is 0 Å². The maximum Gasteiger partial charge on any atom is 0.230 e. The van der Waals surface area contributed by atoms with Crippen LogP contribution in [0.3, 0.4) is 0 Å². The van der Waals surface area contributed by atoms with Crippen LogP contribution in [0.25, 0.3) is 0 Å². The largest absolute Gasteiger partial charge is 0.362 e. The summed E-state index contributed by atoms with van der Waals surface area (Å²) in [6.45, 7) is 6.87. The second-order valence-corrected chi connectivity index (χ2v) is 5.98. The molecule has 1 heterocycles. The maximum absolute atomic E-state index is 11.4. The molecule has 0 aliphatic rings. The summed E-state index contributed by atoms with van der Waals surface area (Å²) >= 11 is 3.27. The SMILES string of the molecule is CCNc1ncc(CSCC(=O)NC(C)C)s1. The van der Waals surface area contributed by atoms with Gasteiger partial charge in [0.25, 0.3) is 0 Å². The molecule has 0 radical (unpaired) electrons. The van der Waals surface area contributed by atoms with Gasteiger partial charge in [-0.1, -0.05) is 0 Å². The number of anilines is 1. The monoisotopic (exact) mass is 273 g/mol. The lowest BCUT2D eigenvalue weighted by atomic mass is 10.4. The molecule has 0 bridgehead atoms. The van der Waals surface area contributed by atoms with Gasteiger partial charge in [0, 0.05) is 29.4 Å². The van der Waals surface area contributed by atoms with Crippen LogP contribution in [0.1, 0.15) is 25.6 Å². The van der Waals surface area contributed by atoms with Gasteiger partial charge in [0.2, 0.25) is 5.91 Å². The molecule has 0 saturated carbocycles. The molecule has 1 aromatic heterocycles. The Morgan fingerprint density at radius 2 is 2.35 bits per heavy atom. The number of thioether (sulfide) groups is 1. The molecule has 1 aromatic rings. The summed E-state index contributed by atoms with van der Waals surface area (Å²) in [6.07, 6.45) is 1.87. The molecule has 4 nitrogen and oxygen atoms in total. The normalized spacial score (nSPS) is 10.6. The fourth-order valence-electron chi connectivity index (χ4n) is 1.22. The van der Waals surface area contributed by atoms with E-state index in [1.807, 2.05) is 27.0 Å². The van der Waals surface area contributed by atoms with E-state index in [9.17, 15) is 4.79 Å². The fourth-order valence-corrected chi connectivity index (χ4v) is 3.02. The molecule has 0 unspecified atom stereocenters. The second kappa shape index (κ2) is 7.55. The fraction of sp³-hybridized carbons (Fsp3) is 0.636. The van der Waals surface area contributed by atoms with Gasteiger partial charge in [-0.05, 0) is 20.8 Å². The zero-order chi connectivity index (χ0) is 12.7. The minimum Gasteiger partial charge on any atom is -0.362 e. The Labute approximate surface area is 111 Å². The smallest absolute Gasteiger partial charge is 0.230 e. The van der Waals surface area contributed by atoms with Gasteiger partial charge < -0.3 is 10.6 Å². The summed E-state index contributed by atoms with van der Waals surface area (Å²) in [5.74, 6) is 1.45. The van der Waals surface area contributed by atoms with Crippen molar-refractivity contribution in [2.75, 3.05) is 17.6 Å². The van der Waals surface area contributed by atoms with Gasteiger partial charge in [-0.25, -0.2) is 4.98 Å². The van der Waals surface area contributed by atoms with Gasteiger partial charge in [-0.3, -0.25) is 4.79 Å². The molecule has 0 aromatic carbocycles. The van der Waals surface area contributed by atoms with Crippen LogP contribution in [0.15, 0.2) is 6.20 Å². The van der Waals surface area contributed by atoms with E-state index in [0.717, 1.165) is 17.4 Å². The Balaban J connectivity index is 2.23. The summed E-state index contributed by atoms with van der Waals surface area (Å²) in [4.78, 5) is 16.8. The standard InChI is InChI=1S/C11H19N3OS2/c1-4-12-11-13-5-9(17-11)6-16-7-10(15)14-8(2)3/h5,8H,4,6-7H2,1-3H3,(H,12,13)(H,14,15). The highest BCUT2D eigenvalue weighted by molar-refractivity contribution is 7.99. The Morgan fingerprint density at radius 3 is 3.00 bits per heavy atom. The number of nitrogens with zero attached hydrogens (tertiary/aromatic N) is 1. The van der Waals surface area contributed by atoms with Crippen molar-refractivity contribution >= 4 is 34.1 Å². The highest BCUT2D eigenvalue weighted by Crippen LogP contribution is 2.22. The van der Waals surface area contributed by atoms with Crippen molar-refractivity contribution in [3.8, 4) is 0 Å². The summed E-state index contributed by atoms with van der Waals surface area (Å²) in [5, 5.41) is 7.00. The minimum atomic E-state index is 0.0985. The maximum atomic E-state index is 11.4. The van der Waals surface area contributed by atoms with Gasteiger partial charge in [0.05, 0.1) is 5.75 Å². The van der Waals surface area contributed by atoms with Crippen molar-refractivity contribution in [2.24, 2.45) is 0 Å². The summed E-state index contributed by atoms with van der Waals surface area (Å²) in [6, 6.07) is 0.215. The Hall–Kier alpha value is -0.750. The van der Waals surface area contributed by atoms with Gasteiger partial charge >= 0.3 is 0 Å². The zero-order valence-electron chi connectivity index (χ0n) is 10.4. The predicted octanol–water partition coefficient (Wildman–Crippen LogP) is 2.33. The number of aromatic nitrogens is 1. The first-order chi connectivity index (χ1) is 8.11. The number of hydrogen-bond donors (Lipinski definition) is 2. The van der Waals surface area contributed by atoms with E-state index in [2.05, 4.69) is 15.6 Å². The molecular formula is C11H19N3OS2. The lowest BCUT2D eigenvalue weighted by Crippen LogP contribution is -2.31. The molecule has 0 spiro atoms. The van der Waals surface area contributed by atoms with Gasteiger partial charge in [0.1, 0.15) is 0 Å². The zero-order valence-corrected chi connectivity index (χ0v) is 12.1. The molecule has 0 aliphatic carbocycles. The Kier molecular flexibility index (Phi) is 6.36. The molecule has 0 saturated heterocycles. The molecule has 2 N–H and O–H groups in total. The molecule has 96 valence electrons. The molecule has 1 rings (SSSR count). The van der Waals surface area contributed by atoms with Crippen LogP contribution < -0.4 is 10.6 Å². The molecule has 0 atom stereocenters. The molecule has 6 heteroatoms. The van der Waals surface area contributed by atoms with Crippen LogP contribution in [-0.4, -0.2) is 29.2 Å². The van der Waals surface area contributed by atoms with E-state index in [-0.39, 0.29) is 11.9 Å². The second-order valence-electron chi connectivity index (χ2n) is 3.88. The van der Waals surface area contributed by atoms with E-state index in [1.165, 1.54) is 4.88 Å². The number of amides is 1. The van der Waals surface area contributed by atoms with E-state index >= 15 is 0 Å². The van der Waals surface area contributed by atoms with Crippen molar-refractivity contribution in [1.29, 1.82) is 0 Å². The van der Waals surface area contributed by atoms with Crippen LogP contribution >= 0.6 is 23.1 Å². The highest BCUT2D eigenvalue weighted by atomic mass is 32.2. The van der Waals surface area contributed by atoms with E-state index in [0.29, 0.717) is 5.75 Å². The lowest BCUT2D eigenvalue weighted by molar-refractivity contribution is -0.119. The minimum absolute atomic E-state index is 0.0985. The van der Waals surface area contributed by atoms with Gasteiger partial charge in [-0.2, -0.15) is 0 Å². The van der Waals surface area contributed by atoms with Crippen LogP contribution in [0, 0.1) is 0 Å². The predicted molar refractivity (Wildman–Crippen MR) is 75.7 cm³/mol. The quantitative estimate of drug-likeness (QED) is 0.800. The molecular weight excluding hydrogens is 254 g/mol. The summed E-state index contributed by atoms with van der Waals surface area (Å²) in [5.41, 5.74) is 0. The van der Waals surface area contributed by atoms with Crippen LogP contribution in [-0.2, 0) is 10.5 Å². The third-order valence-electron chi connectivity index (χ3n) is 1.81. The Morgan fingerprint density at radius 1 is 1.59 bits per heavy atom. The first-order valence-corrected chi connectivity index (χ1v) is 7.64. The average molecular weight is 273 g/mol. The summed E-state index contributed by atoms with van der Waals surface area (Å²) < 4.78 is 0. The van der Waals surface area contributed by atoms with Crippen molar-refractivity contribution in [3.05, 3.63) is 11.1 Å². The first kappa shape index (κ1) is 14.3. The number of nitrogens with one attached hydrogen (secondary N) is 2. The van der Waals surface area contributed by atoms with Gasteiger partial charge in [-0.15, -0.1) is 23.1 Å². The third kappa shape index (κ3) is 5.93. The van der Waals surface area contributed by atoms with Gasteiger partial charge in [0.15, 0.2) is 5.13 Å². The number of carbonyl (C=O) groups is 1. The van der Waals surface area contributed by atoms with E-state index in [4.69, 9.17) is 0 Å². The van der Waals surface area contributed by atoms with Crippen molar-refractivity contribution in [3.63, 3.8) is 0 Å². The topological polar surface area (TPSA) is 54.0 Å². The Bertz CT molecular complexity index is 352. The molecule has 1 amide bonds. The van der Waals surface area contributed by atoms with Crippen molar-refractivity contribution in [1.82, 2.24) is 10.3 Å². The average Bonchev–Trinajstić information content (AvgIpc) is 2.65. The molecule has 0 fully saturated rings. The van der Waals surface area contributed by atoms with Crippen LogP contribution in [0.2, 0.25) is 0 Å². The highest BCUT2D eigenvalue weighted by Gasteiger charge is 2.05. The molecule has 0 aliphatic heterocycles. The number of hydrogen-bond acceptors (Lipinski definition) is 5. The lowest BCUT2D eigenvalue weighted by Gasteiger charge is -2.07. The molecule has 17 heavy (non-hydrogen) atoms. The van der Waals surface area contributed by atoms with Crippen molar-refractivity contribution in [2.45, 2.75) is 32.6 Å². The number of rotatable bonds is 7. The number of thiazole rings is 1. The summed E-state index contributed by atoms with van der Waals surface area (Å²) in [7, 11) is 0. The first-order valence-electron chi connectivity index (χ1n) is 5.67.